The molecule has 1 aliphatic carbocycles. The number of ether oxygens (including phenoxy) is 3. The van der Waals surface area contributed by atoms with E-state index in [0.717, 1.165) is 33.8 Å². The number of hydrogen-bond donors (Lipinski definition) is 2. The van der Waals surface area contributed by atoms with Crippen LogP contribution in [0.3, 0.4) is 0 Å². The molecule has 2 atom stereocenters. The van der Waals surface area contributed by atoms with E-state index in [1.54, 1.807) is 33.1 Å². The number of thioether (sulfide) groups is 1. The maximum atomic E-state index is 13.8. The molecular weight excluding hydrogens is 472 g/mol. The van der Waals surface area contributed by atoms with Crippen LogP contribution in [0.1, 0.15) is 35.9 Å². The highest BCUT2D eigenvalue weighted by Gasteiger charge is 2.36. The Morgan fingerprint density at radius 3 is 2.11 bits per heavy atom. The standard InChI is InChI=1S/C29H30N2O4S/c1-33-25-15-19(16-26(34-2)29(25)35-3)18-13-23-27(24(32)14-18)28(17-9-11-20(36-4)12-10-17)31-22-8-6-5-7-21(22)30-23/h5-12,15-16,18,28,30-31H,13-14H2,1-4H3/t18-,28-/m0/s1. The van der Waals surface area contributed by atoms with Gasteiger partial charge in [0.05, 0.1) is 38.7 Å². The summed E-state index contributed by atoms with van der Waals surface area (Å²) in [4.78, 5) is 15.0. The normalized spacial score (nSPS) is 18.8. The van der Waals surface area contributed by atoms with Crippen LogP contribution in [0, 0.1) is 0 Å². The molecule has 1 aliphatic heterocycles. The third-order valence-corrected chi connectivity index (χ3v) is 7.66. The summed E-state index contributed by atoms with van der Waals surface area (Å²) in [5.41, 5.74) is 5.73. The van der Waals surface area contributed by atoms with E-state index in [4.69, 9.17) is 14.2 Å². The van der Waals surface area contributed by atoms with Crippen molar-refractivity contribution in [1.82, 2.24) is 0 Å². The van der Waals surface area contributed by atoms with Gasteiger partial charge in [0.1, 0.15) is 0 Å². The number of Topliss-reactive ketones (excluding diaryl/α,β-unsaturated/α-hetero) is 1. The van der Waals surface area contributed by atoms with E-state index in [1.165, 1.54) is 4.90 Å². The van der Waals surface area contributed by atoms with Crippen LogP contribution in [-0.2, 0) is 4.79 Å². The maximum absolute atomic E-state index is 13.8. The van der Waals surface area contributed by atoms with Crippen molar-refractivity contribution in [2.75, 3.05) is 38.2 Å². The number of fused-ring (bicyclic) bond motifs is 1. The zero-order valence-electron chi connectivity index (χ0n) is 20.9. The summed E-state index contributed by atoms with van der Waals surface area (Å²) < 4.78 is 16.6. The van der Waals surface area contributed by atoms with E-state index < -0.39 is 0 Å². The number of hydrogen-bond acceptors (Lipinski definition) is 7. The second kappa shape index (κ2) is 10.2. The van der Waals surface area contributed by atoms with Crippen molar-refractivity contribution in [1.29, 1.82) is 0 Å². The molecule has 0 unspecified atom stereocenters. The van der Waals surface area contributed by atoms with Gasteiger partial charge in [-0.3, -0.25) is 4.79 Å². The molecule has 2 N–H and O–H groups in total. The van der Waals surface area contributed by atoms with Gasteiger partial charge in [-0.25, -0.2) is 0 Å². The minimum atomic E-state index is -0.236. The number of para-hydroxylation sites is 2. The second-order valence-electron chi connectivity index (χ2n) is 8.90. The summed E-state index contributed by atoms with van der Waals surface area (Å²) in [5.74, 6) is 1.83. The first-order chi connectivity index (χ1) is 17.6. The summed E-state index contributed by atoms with van der Waals surface area (Å²) >= 11 is 1.71. The highest BCUT2D eigenvalue weighted by Crippen LogP contribution is 2.47. The largest absolute Gasteiger partial charge is 0.493 e. The maximum Gasteiger partial charge on any atom is 0.203 e. The lowest BCUT2D eigenvalue weighted by atomic mass is 9.78. The van der Waals surface area contributed by atoms with Crippen molar-refractivity contribution < 1.29 is 19.0 Å². The number of allylic oxidation sites excluding steroid dienone is 1. The van der Waals surface area contributed by atoms with E-state index in [9.17, 15) is 4.79 Å². The fraction of sp³-hybridized carbons (Fsp3) is 0.276. The lowest BCUT2D eigenvalue weighted by molar-refractivity contribution is -0.116. The molecular formula is C29H30N2O4S. The topological polar surface area (TPSA) is 68.8 Å². The Morgan fingerprint density at radius 2 is 1.50 bits per heavy atom. The van der Waals surface area contributed by atoms with Crippen molar-refractivity contribution in [2.24, 2.45) is 0 Å². The molecule has 7 heteroatoms. The van der Waals surface area contributed by atoms with Crippen LogP contribution in [0.25, 0.3) is 0 Å². The number of carbonyl (C=O) groups excluding carboxylic acids is 1. The lowest BCUT2D eigenvalue weighted by Crippen LogP contribution is -2.27. The van der Waals surface area contributed by atoms with Crippen molar-refractivity contribution in [3.8, 4) is 17.2 Å². The van der Waals surface area contributed by atoms with Crippen LogP contribution < -0.4 is 24.8 Å². The molecule has 0 radical (unpaired) electrons. The fourth-order valence-corrected chi connectivity index (χ4v) is 5.52. The molecule has 0 bridgehead atoms. The number of nitrogens with one attached hydrogen (secondary N) is 2. The number of methoxy groups -OCH3 is 3. The van der Waals surface area contributed by atoms with Crippen molar-refractivity contribution >= 4 is 28.9 Å². The van der Waals surface area contributed by atoms with Crippen molar-refractivity contribution in [3.05, 3.63) is 83.1 Å². The molecule has 3 aromatic rings. The first kappa shape index (κ1) is 24.1. The van der Waals surface area contributed by atoms with Gasteiger partial charge in [0, 0.05) is 22.6 Å². The van der Waals surface area contributed by atoms with E-state index in [-0.39, 0.29) is 17.7 Å². The monoisotopic (exact) mass is 502 g/mol. The molecule has 0 fully saturated rings. The number of benzene rings is 3. The van der Waals surface area contributed by atoms with Crippen LogP contribution in [0.2, 0.25) is 0 Å². The summed E-state index contributed by atoms with van der Waals surface area (Å²) in [6.07, 6.45) is 3.15. The lowest BCUT2D eigenvalue weighted by Gasteiger charge is -2.30. The van der Waals surface area contributed by atoms with Gasteiger partial charge < -0.3 is 24.8 Å². The zero-order chi connectivity index (χ0) is 25.2. The SMILES string of the molecule is COc1cc([C@@H]2CC(=O)C3=C(C2)Nc2ccccc2N[C@H]3c2ccc(SC)cc2)cc(OC)c1OC. The van der Waals surface area contributed by atoms with Gasteiger partial charge >= 0.3 is 0 Å². The van der Waals surface area contributed by atoms with Crippen LogP contribution in [0.15, 0.2) is 76.8 Å². The molecule has 2 aliphatic rings. The Labute approximate surface area is 216 Å². The van der Waals surface area contributed by atoms with Gasteiger partial charge in [-0.05, 0) is 66.1 Å². The second-order valence-corrected chi connectivity index (χ2v) is 9.78. The summed E-state index contributed by atoms with van der Waals surface area (Å²) in [6, 6.07) is 20.2. The number of carbonyl (C=O) groups is 1. The quantitative estimate of drug-likeness (QED) is 0.377. The first-order valence-electron chi connectivity index (χ1n) is 11.9. The minimum absolute atomic E-state index is 0.0257. The Hall–Kier alpha value is -3.58. The summed E-state index contributed by atoms with van der Waals surface area (Å²) in [7, 11) is 4.80. The highest BCUT2D eigenvalue weighted by atomic mass is 32.2. The van der Waals surface area contributed by atoms with Crippen LogP contribution in [0.5, 0.6) is 17.2 Å². The molecule has 6 nitrogen and oxygen atoms in total. The Bertz CT molecular complexity index is 1290. The molecule has 0 aromatic heterocycles. The van der Waals surface area contributed by atoms with Crippen molar-refractivity contribution in [3.63, 3.8) is 0 Å². The van der Waals surface area contributed by atoms with E-state index in [1.807, 2.05) is 36.4 Å². The third-order valence-electron chi connectivity index (χ3n) is 6.92. The number of rotatable bonds is 6. The Kier molecular flexibility index (Phi) is 6.83. The molecule has 1 heterocycles. The average molecular weight is 503 g/mol. The molecule has 0 saturated heterocycles. The third kappa shape index (κ3) is 4.39. The molecule has 0 spiro atoms. The minimum Gasteiger partial charge on any atom is -0.493 e. The van der Waals surface area contributed by atoms with Gasteiger partial charge in [0.15, 0.2) is 17.3 Å². The first-order valence-corrected chi connectivity index (χ1v) is 13.1. The molecule has 186 valence electrons. The molecule has 0 amide bonds. The van der Waals surface area contributed by atoms with Crippen LogP contribution >= 0.6 is 11.8 Å². The van der Waals surface area contributed by atoms with E-state index in [2.05, 4.69) is 41.2 Å². The van der Waals surface area contributed by atoms with Gasteiger partial charge in [-0.1, -0.05) is 24.3 Å². The average Bonchev–Trinajstić information content (AvgIpc) is 3.09. The predicted molar refractivity (Wildman–Crippen MR) is 145 cm³/mol. The molecule has 36 heavy (non-hydrogen) atoms. The fourth-order valence-electron chi connectivity index (χ4n) is 5.11. The molecule has 5 rings (SSSR count). The highest BCUT2D eigenvalue weighted by molar-refractivity contribution is 7.98. The predicted octanol–water partition coefficient (Wildman–Crippen LogP) is 6.41. The summed E-state index contributed by atoms with van der Waals surface area (Å²) in [6.45, 7) is 0. The number of anilines is 2. The Morgan fingerprint density at radius 1 is 0.833 bits per heavy atom. The van der Waals surface area contributed by atoms with E-state index in [0.29, 0.717) is 30.1 Å². The van der Waals surface area contributed by atoms with Crippen LogP contribution in [-0.4, -0.2) is 33.4 Å². The van der Waals surface area contributed by atoms with Gasteiger partial charge in [-0.15, -0.1) is 11.8 Å². The van der Waals surface area contributed by atoms with Gasteiger partial charge in [-0.2, -0.15) is 0 Å². The Balaban J connectivity index is 1.58. The van der Waals surface area contributed by atoms with Gasteiger partial charge in [0.2, 0.25) is 5.75 Å². The van der Waals surface area contributed by atoms with E-state index >= 15 is 0 Å². The van der Waals surface area contributed by atoms with Crippen molar-refractivity contribution in [2.45, 2.75) is 29.7 Å². The molecule has 0 saturated carbocycles. The smallest absolute Gasteiger partial charge is 0.203 e. The van der Waals surface area contributed by atoms with Gasteiger partial charge in [0.25, 0.3) is 0 Å². The number of ketones is 1. The summed E-state index contributed by atoms with van der Waals surface area (Å²) in [5, 5.41) is 7.24. The van der Waals surface area contributed by atoms with Crippen LogP contribution in [0.4, 0.5) is 11.4 Å². The molecule has 3 aromatic carbocycles. The zero-order valence-corrected chi connectivity index (χ0v) is 21.7.